The monoisotopic (exact) mass is 275 g/mol. The molecule has 0 aliphatic heterocycles. The second-order valence-corrected chi connectivity index (χ2v) is 4.07. The molecule has 1 aromatic rings. The maximum atomic E-state index is 12.1. The normalized spacial score (nSPS) is 11.2. The van der Waals surface area contributed by atoms with E-state index in [4.69, 9.17) is 15.7 Å². The molecule has 1 unspecified atom stereocenters. The molecule has 1 rings (SSSR count). The predicted octanol–water partition coefficient (Wildman–Crippen LogP) is 0.429. The molecule has 0 heterocycles. The lowest BCUT2D eigenvalue weighted by atomic mass is 10.2. The van der Waals surface area contributed by atoms with Crippen molar-refractivity contribution in [1.82, 2.24) is 4.90 Å². The number of nitrogens with zero attached hydrogens (tertiary/aromatic N) is 2. The van der Waals surface area contributed by atoms with Crippen molar-refractivity contribution in [2.45, 2.75) is 19.5 Å². The van der Waals surface area contributed by atoms with Crippen molar-refractivity contribution in [2.75, 3.05) is 13.2 Å². The van der Waals surface area contributed by atoms with Gasteiger partial charge in [0.2, 0.25) is 0 Å². The number of rotatable bonds is 6. The van der Waals surface area contributed by atoms with Crippen LogP contribution in [-0.4, -0.2) is 36.0 Å². The molecular formula is C14H17N3O3. The molecule has 6 nitrogen and oxygen atoms in total. The number of hydrogen-bond acceptors (Lipinski definition) is 5. The van der Waals surface area contributed by atoms with Crippen molar-refractivity contribution in [3.8, 4) is 6.07 Å². The first kappa shape index (κ1) is 15.7. The Kier molecular flexibility index (Phi) is 6.20. The zero-order valence-corrected chi connectivity index (χ0v) is 11.3. The number of amides is 1. The van der Waals surface area contributed by atoms with Gasteiger partial charge in [0, 0.05) is 6.54 Å². The highest BCUT2D eigenvalue weighted by Crippen LogP contribution is 2.06. The van der Waals surface area contributed by atoms with Crippen LogP contribution in [0.15, 0.2) is 30.3 Å². The fourth-order valence-corrected chi connectivity index (χ4v) is 1.63. The Morgan fingerprint density at radius 3 is 2.60 bits per heavy atom. The Balaban J connectivity index is 2.77. The first-order valence-corrected chi connectivity index (χ1v) is 6.22. The summed E-state index contributed by atoms with van der Waals surface area (Å²) in [4.78, 5) is 24.8. The maximum Gasteiger partial charge on any atom is 0.332 e. The Morgan fingerprint density at radius 1 is 1.40 bits per heavy atom. The Bertz CT molecular complexity index is 496. The number of nitriles is 1. The third kappa shape index (κ3) is 4.37. The molecular weight excluding hydrogens is 258 g/mol. The van der Waals surface area contributed by atoms with Gasteiger partial charge in [0.05, 0.1) is 12.7 Å². The van der Waals surface area contributed by atoms with Crippen LogP contribution in [0.3, 0.4) is 0 Å². The first-order valence-electron chi connectivity index (χ1n) is 6.22. The Hall–Kier alpha value is -2.39. The molecule has 0 aromatic heterocycles. The van der Waals surface area contributed by atoms with Gasteiger partial charge in [-0.15, -0.1) is 0 Å². The molecule has 0 radical (unpaired) electrons. The van der Waals surface area contributed by atoms with E-state index in [1.165, 1.54) is 4.90 Å². The molecule has 0 saturated carbocycles. The second kappa shape index (κ2) is 7.92. The summed E-state index contributed by atoms with van der Waals surface area (Å²) >= 11 is 0. The van der Waals surface area contributed by atoms with Gasteiger partial charge in [0.25, 0.3) is 5.91 Å². The molecule has 0 fully saturated rings. The predicted molar refractivity (Wildman–Crippen MR) is 72.1 cm³/mol. The highest BCUT2D eigenvalue weighted by atomic mass is 16.5. The summed E-state index contributed by atoms with van der Waals surface area (Å²) in [6.07, 6.45) is 0. The molecule has 1 amide bonds. The van der Waals surface area contributed by atoms with E-state index in [1.807, 2.05) is 36.4 Å². The molecule has 20 heavy (non-hydrogen) atoms. The topological polar surface area (TPSA) is 96.4 Å². The average Bonchev–Trinajstić information content (AvgIpc) is 2.46. The van der Waals surface area contributed by atoms with E-state index < -0.39 is 17.9 Å². The van der Waals surface area contributed by atoms with E-state index in [2.05, 4.69) is 0 Å². The summed E-state index contributed by atoms with van der Waals surface area (Å²) in [6.45, 7) is 1.87. The third-order valence-electron chi connectivity index (χ3n) is 2.60. The summed E-state index contributed by atoms with van der Waals surface area (Å²) in [5.74, 6) is -1.40. The van der Waals surface area contributed by atoms with Crippen molar-refractivity contribution in [3.05, 3.63) is 35.9 Å². The molecule has 0 saturated heterocycles. The van der Waals surface area contributed by atoms with E-state index in [-0.39, 0.29) is 19.7 Å². The molecule has 0 spiro atoms. The van der Waals surface area contributed by atoms with Crippen LogP contribution in [0.4, 0.5) is 0 Å². The molecule has 0 bridgehead atoms. The van der Waals surface area contributed by atoms with E-state index in [0.717, 1.165) is 5.56 Å². The van der Waals surface area contributed by atoms with Crippen molar-refractivity contribution in [3.63, 3.8) is 0 Å². The summed E-state index contributed by atoms with van der Waals surface area (Å²) in [5.41, 5.74) is 6.41. The zero-order chi connectivity index (χ0) is 15.0. The van der Waals surface area contributed by atoms with E-state index >= 15 is 0 Å². The highest BCUT2D eigenvalue weighted by molar-refractivity contribution is 6.01. The van der Waals surface area contributed by atoms with Crippen molar-refractivity contribution < 1.29 is 14.3 Å². The van der Waals surface area contributed by atoms with Gasteiger partial charge in [0.15, 0.2) is 6.04 Å². The molecule has 1 atom stereocenters. The van der Waals surface area contributed by atoms with Crippen molar-refractivity contribution in [2.24, 2.45) is 5.73 Å². The van der Waals surface area contributed by atoms with Crippen LogP contribution in [0, 0.1) is 11.3 Å². The van der Waals surface area contributed by atoms with Gasteiger partial charge >= 0.3 is 5.97 Å². The van der Waals surface area contributed by atoms with Crippen molar-refractivity contribution in [1.29, 1.82) is 5.26 Å². The summed E-state index contributed by atoms with van der Waals surface area (Å²) in [7, 11) is 0. The lowest BCUT2D eigenvalue weighted by Gasteiger charge is -2.22. The SMILES string of the molecule is CCOC(=O)C(N)C(=O)N(CC#N)Cc1ccccc1. The number of carbonyl (C=O) groups is 2. The van der Waals surface area contributed by atoms with Gasteiger partial charge in [-0.1, -0.05) is 30.3 Å². The van der Waals surface area contributed by atoms with E-state index in [9.17, 15) is 9.59 Å². The van der Waals surface area contributed by atoms with Crippen LogP contribution in [0.2, 0.25) is 0 Å². The molecule has 6 heteroatoms. The Morgan fingerprint density at radius 2 is 2.05 bits per heavy atom. The summed E-state index contributed by atoms with van der Waals surface area (Å²) < 4.78 is 4.71. The van der Waals surface area contributed by atoms with E-state index in [1.54, 1.807) is 6.92 Å². The van der Waals surface area contributed by atoms with Crippen LogP contribution < -0.4 is 5.73 Å². The third-order valence-corrected chi connectivity index (χ3v) is 2.60. The second-order valence-electron chi connectivity index (χ2n) is 4.07. The lowest BCUT2D eigenvalue weighted by Crippen LogP contribution is -2.48. The number of benzene rings is 1. The summed E-state index contributed by atoms with van der Waals surface area (Å²) in [5, 5.41) is 8.79. The molecule has 2 N–H and O–H groups in total. The van der Waals surface area contributed by atoms with Gasteiger partial charge in [-0.25, -0.2) is 4.79 Å². The average molecular weight is 275 g/mol. The quantitative estimate of drug-likeness (QED) is 0.461. The van der Waals surface area contributed by atoms with Crippen LogP contribution in [0.1, 0.15) is 12.5 Å². The minimum absolute atomic E-state index is 0.138. The minimum atomic E-state index is -1.40. The number of carbonyl (C=O) groups excluding carboxylic acids is 2. The van der Waals surface area contributed by atoms with Gasteiger partial charge in [0.1, 0.15) is 6.54 Å². The molecule has 0 aliphatic rings. The first-order chi connectivity index (χ1) is 9.60. The lowest BCUT2D eigenvalue weighted by molar-refractivity contribution is -0.150. The van der Waals surface area contributed by atoms with Gasteiger partial charge in [-0.3, -0.25) is 4.79 Å². The number of nitrogens with two attached hydrogens (primary N) is 1. The number of ether oxygens (including phenoxy) is 1. The fourth-order valence-electron chi connectivity index (χ4n) is 1.63. The van der Waals surface area contributed by atoms with Crippen molar-refractivity contribution >= 4 is 11.9 Å². The van der Waals surface area contributed by atoms with E-state index in [0.29, 0.717) is 0 Å². The molecule has 106 valence electrons. The number of esters is 1. The van der Waals surface area contributed by atoms with Crippen LogP contribution >= 0.6 is 0 Å². The Labute approximate surface area is 117 Å². The standard InChI is InChI=1S/C14H17N3O3/c1-2-20-14(19)12(16)13(18)17(9-8-15)10-11-6-4-3-5-7-11/h3-7,12H,2,9-10,16H2,1H3. The fraction of sp³-hybridized carbons (Fsp3) is 0.357. The summed E-state index contributed by atoms with van der Waals surface area (Å²) in [6, 6.07) is 9.66. The van der Waals surface area contributed by atoms with Gasteiger partial charge in [-0.05, 0) is 12.5 Å². The molecule has 0 aliphatic carbocycles. The van der Waals surface area contributed by atoms with Gasteiger partial charge in [-0.2, -0.15) is 5.26 Å². The molecule has 1 aromatic carbocycles. The zero-order valence-electron chi connectivity index (χ0n) is 11.3. The number of hydrogen-bond donors (Lipinski definition) is 1. The highest BCUT2D eigenvalue weighted by Gasteiger charge is 2.28. The van der Waals surface area contributed by atoms with Crippen LogP contribution in [0.25, 0.3) is 0 Å². The van der Waals surface area contributed by atoms with Crippen LogP contribution in [-0.2, 0) is 20.9 Å². The maximum absolute atomic E-state index is 12.1. The smallest absolute Gasteiger partial charge is 0.332 e. The minimum Gasteiger partial charge on any atom is -0.464 e. The van der Waals surface area contributed by atoms with Gasteiger partial charge < -0.3 is 15.4 Å². The largest absolute Gasteiger partial charge is 0.464 e. The van der Waals surface area contributed by atoms with Crippen LogP contribution in [0.5, 0.6) is 0 Å².